The zero-order chi connectivity index (χ0) is 14.3. The van der Waals surface area contributed by atoms with Gasteiger partial charge in [0.1, 0.15) is 0 Å². The van der Waals surface area contributed by atoms with Crippen LogP contribution in [0.4, 0.5) is 5.69 Å². The fraction of sp³-hybridized carbons (Fsp3) is 0.500. The number of carbonyl (C=O) groups is 1. The molecule has 0 aromatic heterocycles. The third-order valence-electron chi connectivity index (χ3n) is 2.61. The summed E-state index contributed by atoms with van der Waals surface area (Å²) in [5, 5.41) is 3.66. The van der Waals surface area contributed by atoms with Gasteiger partial charge < -0.3 is 14.8 Å². The van der Waals surface area contributed by atoms with Gasteiger partial charge in [-0.05, 0) is 32.9 Å². The Hall–Kier alpha value is -1.26. The molecule has 0 saturated heterocycles. The lowest BCUT2D eigenvalue weighted by atomic mass is 10.0. The highest BCUT2D eigenvalue weighted by atomic mass is 35.5. The quantitative estimate of drug-likeness (QED) is 0.782. The van der Waals surface area contributed by atoms with Crippen molar-refractivity contribution >= 4 is 23.3 Å². The summed E-state index contributed by atoms with van der Waals surface area (Å²) in [6.07, 6.45) is 0. The molecule has 0 aliphatic heterocycles. The predicted octanol–water partition coefficient (Wildman–Crippen LogP) is 3.11. The molecule has 1 N–H and O–H groups in total. The Morgan fingerprint density at radius 1 is 1.32 bits per heavy atom. The summed E-state index contributed by atoms with van der Waals surface area (Å²) in [7, 11) is 0. The lowest BCUT2D eigenvalue weighted by Gasteiger charge is -2.29. The summed E-state index contributed by atoms with van der Waals surface area (Å²) < 4.78 is 10.5. The van der Waals surface area contributed by atoms with Crippen molar-refractivity contribution in [3.05, 3.63) is 29.3 Å². The molecule has 0 radical (unpaired) electrons. The van der Waals surface area contributed by atoms with Crippen LogP contribution in [0.2, 0.25) is 5.02 Å². The van der Waals surface area contributed by atoms with E-state index in [4.69, 9.17) is 21.1 Å². The molecule has 19 heavy (non-hydrogen) atoms. The van der Waals surface area contributed by atoms with Gasteiger partial charge in [-0.2, -0.15) is 0 Å². The smallest absolute Gasteiger partial charge is 0.333 e. The zero-order valence-corrected chi connectivity index (χ0v) is 12.3. The van der Waals surface area contributed by atoms with Crippen LogP contribution in [-0.4, -0.2) is 31.3 Å². The van der Waals surface area contributed by atoms with E-state index in [9.17, 15) is 4.79 Å². The molecule has 1 atom stereocenters. The fourth-order valence-electron chi connectivity index (χ4n) is 1.60. The molecule has 1 unspecified atom stereocenters. The van der Waals surface area contributed by atoms with E-state index in [1.165, 1.54) is 0 Å². The molecule has 0 fully saturated rings. The molecule has 1 aromatic rings. The highest BCUT2D eigenvalue weighted by Gasteiger charge is 2.35. The van der Waals surface area contributed by atoms with Crippen LogP contribution in [0.5, 0.6) is 0 Å². The average molecular weight is 286 g/mol. The van der Waals surface area contributed by atoms with Crippen LogP contribution in [0, 0.1) is 0 Å². The number of halogens is 1. The second kappa shape index (κ2) is 7.36. The van der Waals surface area contributed by atoms with Gasteiger partial charge in [-0.3, -0.25) is 0 Å². The van der Waals surface area contributed by atoms with E-state index in [0.717, 1.165) is 0 Å². The van der Waals surface area contributed by atoms with Crippen LogP contribution in [0.25, 0.3) is 0 Å². The van der Waals surface area contributed by atoms with Gasteiger partial charge in [0.15, 0.2) is 5.54 Å². The molecule has 1 rings (SSSR count). The van der Waals surface area contributed by atoms with Crippen LogP contribution in [-0.2, 0) is 14.3 Å². The monoisotopic (exact) mass is 285 g/mol. The van der Waals surface area contributed by atoms with Gasteiger partial charge in [-0.25, -0.2) is 4.79 Å². The number of carbonyl (C=O) groups excluding carboxylic acids is 1. The number of anilines is 1. The normalized spacial score (nSPS) is 13.7. The Bertz CT molecular complexity index is 425. The van der Waals surface area contributed by atoms with Crippen molar-refractivity contribution in [3.8, 4) is 0 Å². The van der Waals surface area contributed by atoms with E-state index in [-0.39, 0.29) is 12.6 Å². The second-order valence-electron chi connectivity index (χ2n) is 4.29. The first kappa shape index (κ1) is 15.8. The van der Waals surface area contributed by atoms with Crippen molar-refractivity contribution in [1.82, 2.24) is 0 Å². The first-order valence-electron chi connectivity index (χ1n) is 6.31. The maximum atomic E-state index is 12.1. The van der Waals surface area contributed by atoms with E-state index in [2.05, 4.69) is 5.32 Å². The minimum atomic E-state index is -0.961. The maximum absolute atomic E-state index is 12.1. The molecule has 0 aliphatic rings. The number of hydrogen-bond donors (Lipinski definition) is 1. The van der Waals surface area contributed by atoms with E-state index in [0.29, 0.717) is 23.9 Å². The van der Waals surface area contributed by atoms with E-state index >= 15 is 0 Å². The topological polar surface area (TPSA) is 47.6 Å². The standard InChI is InChI=1S/C14H20ClNO3/c1-4-18-10-14(3,13(17)19-5-2)16-12-9-7-6-8-11(12)15/h6-9,16H,4-5,10H2,1-3H3. The lowest BCUT2D eigenvalue weighted by molar-refractivity contribution is -0.150. The Morgan fingerprint density at radius 3 is 2.58 bits per heavy atom. The summed E-state index contributed by atoms with van der Waals surface area (Å²) in [5.74, 6) is -0.358. The molecule has 0 aliphatic carbocycles. The molecule has 4 nitrogen and oxygen atoms in total. The van der Waals surface area contributed by atoms with Gasteiger partial charge in [0.2, 0.25) is 0 Å². The SMILES string of the molecule is CCOCC(C)(Nc1ccccc1Cl)C(=O)OCC. The van der Waals surface area contributed by atoms with E-state index in [1.807, 2.05) is 25.1 Å². The molecule has 0 bridgehead atoms. The van der Waals surface area contributed by atoms with Crippen molar-refractivity contribution in [2.45, 2.75) is 26.3 Å². The largest absolute Gasteiger partial charge is 0.464 e. The van der Waals surface area contributed by atoms with Crippen LogP contribution in [0.15, 0.2) is 24.3 Å². The molecule has 0 spiro atoms. The number of para-hydroxylation sites is 1. The van der Waals surface area contributed by atoms with Crippen molar-refractivity contribution in [2.75, 3.05) is 25.1 Å². The molecule has 0 saturated carbocycles. The number of hydrogen-bond acceptors (Lipinski definition) is 4. The van der Waals surface area contributed by atoms with Gasteiger partial charge in [0.05, 0.1) is 23.9 Å². The lowest BCUT2D eigenvalue weighted by Crippen LogP contribution is -2.49. The van der Waals surface area contributed by atoms with Crippen LogP contribution in [0.3, 0.4) is 0 Å². The van der Waals surface area contributed by atoms with Crippen LogP contribution >= 0.6 is 11.6 Å². The number of benzene rings is 1. The van der Waals surface area contributed by atoms with Gasteiger partial charge in [-0.15, -0.1) is 0 Å². The predicted molar refractivity (Wildman–Crippen MR) is 76.6 cm³/mol. The van der Waals surface area contributed by atoms with Crippen molar-refractivity contribution < 1.29 is 14.3 Å². The molecular weight excluding hydrogens is 266 g/mol. The summed E-state index contributed by atoms with van der Waals surface area (Å²) in [4.78, 5) is 12.1. The molecule has 0 amide bonds. The summed E-state index contributed by atoms with van der Waals surface area (Å²) >= 11 is 6.09. The third-order valence-corrected chi connectivity index (χ3v) is 2.93. The molecular formula is C14H20ClNO3. The Kier molecular flexibility index (Phi) is 6.12. The van der Waals surface area contributed by atoms with Crippen molar-refractivity contribution in [3.63, 3.8) is 0 Å². The number of esters is 1. The summed E-state index contributed by atoms with van der Waals surface area (Å²) in [6.45, 7) is 6.46. The highest BCUT2D eigenvalue weighted by Crippen LogP contribution is 2.25. The zero-order valence-electron chi connectivity index (χ0n) is 11.5. The van der Waals surface area contributed by atoms with Crippen molar-refractivity contribution in [1.29, 1.82) is 0 Å². The molecule has 5 heteroatoms. The van der Waals surface area contributed by atoms with Gasteiger partial charge in [0.25, 0.3) is 0 Å². The Labute approximate surface area is 119 Å². The van der Waals surface area contributed by atoms with Gasteiger partial charge >= 0.3 is 5.97 Å². The average Bonchev–Trinajstić information content (AvgIpc) is 2.39. The fourth-order valence-corrected chi connectivity index (χ4v) is 1.79. The molecule has 1 aromatic carbocycles. The number of ether oxygens (including phenoxy) is 2. The highest BCUT2D eigenvalue weighted by molar-refractivity contribution is 6.33. The summed E-state index contributed by atoms with van der Waals surface area (Å²) in [5.41, 5.74) is -0.281. The third kappa shape index (κ3) is 4.40. The molecule has 106 valence electrons. The minimum Gasteiger partial charge on any atom is -0.464 e. The van der Waals surface area contributed by atoms with Gasteiger partial charge in [-0.1, -0.05) is 23.7 Å². The van der Waals surface area contributed by atoms with Gasteiger partial charge in [0, 0.05) is 6.61 Å². The Morgan fingerprint density at radius 2 is 2.00 bits per heavy atom. The number of rotatable bonds is 7. The summed E-state index contributed by atoms with van der Waals surface area (Å²) in [6, 6.07) is 7.25. The first-order valence-corrected chi connectivity index (χ1v) is 6.69. The van der Waals surface area contributed by atoms with Crippen LogP contribution < -0.4 is 5.32 Å². The van der Waals surface area contributed by atoms with Crippen molar-refractivity contribution in [2.24, 2.45) is 0 Å². The first-order chi connectivity index (χ1) is 9.03. The Balaban J connectivity index is 2.91. The minimum absolute atomic E-state index is 0.216. The molecule has 0 heterocycles. The van der Waals surface area contributed by atoms with E-state index < -0.39 is 5.54 Å². The number of nitrogens with one attached hydrogen (secondary N) is 1. The maximum Gasteiger partial charge on any atom is 0.333 e. The van der Waals surface area contributed by atoms with E-state index in [1.54, 1.807) is 19.9 Å². The van der Waals surface area contributed by atoms with Crippen LogP contribution in [0.1, 0.15) is 20.8 Å². The second-order valence-corrected chi connectivity index (χ2v) is 4.70.